The fraction of sp³-hybridized carbons (Fsp3) is 0.211. The maximum Gasteiger partial charge on any atom is 0.235 e. The lowest BCUT2D eigenvalue weighted by atomic mass is 10.1. The van der Waals surface area contributed by atoms with Gasteiger partial charge < -0.3 is 4.57 Å². The van der Waals surface area contributed by atoms with Crippen molar-refractivity contribution in [3.63, 3.8) is 0 Å². The highest BCUT2D eigenvalue weighted by atomic mass is 16.2. The summed E-state index contributed by atoms with van der Waals surface area (Å²) in [7, 11) is 1.75. The Morgan fingerprint density at radius 2 is 1.96 bits per heavy atom. The molecule has 25 heavy (non-hydrogen) atoms. The predicted octanol–water partition coefficient (Wildman–Crippen LogP) is 0.784. The Morgan fingerprint density at radius 1 is 1.24 bits per heavy atom. The molecule has 0 saturated heterocycles. The number of hydrazine groups is 1. The molecule has 0 atom stereocenters. The molecule has 0 fully saturated rings. The third-order valence-electron chi connectivity index (χ3n) is 3.69. The van der Waals surface area contributed by atoms with Crippen LogP contribution >= 0.6 is 0 Å². The second-order valence-electron chi connectivity index (χ2n) is 5.52. The van der Waals surface area contributed by atoms with Gasteiger partial charge in [-0.15, -0.1) is 0 Å². The third kappa shape index (κ3) is 4.91. The summed E-state index contributed by atoms with van der Waals surface area (Å²) in [6.45, 7) is 4.13. The molecule has 0 aliphatic rings. The molecule has 3 N–H and O–H groups in total. The zero-order valence-corrected chi connectivity index (χ0v) is 14.7. The van der Waals surface area contributed by atoms with E-state index in [1.54, 1.807) is 13.3 Å². The maximum atomic E-state index is 10.9. The van der Waals surface area contributed by atoms with E-state index in [4.69, 9.17) is 5.41 Å². The van der Waals surface area contributed by atoms with E-state index in [-0.39, 0.29) is 11.7 Å². The van der Waals surface area contributed by atoms with Crippen molar-refractivity contribution >= 4 is 30.1 Å². The topological polar surface area (TPSA) is 82.3 Å². The van der Waals surface area contributed by atoms with E-state index in [0.717, 1.165) is 22.7 Å². The van der Waals surface area contributed by atoms with Gasteiger partial charge in [-0.3, -0.25) is 26.0 Å². The minimum Gasteiger partial charge on any atom is -0.343 e. The number of carbonyl (C=O) groups is 1. The van der Waals surface area contributed by atoms with Crippen molar-refractivity contribution < 1.29 is 4.79 Å². The molecule has 0 unspecified atom stereocenters. The van der Waals surface area contributed by atoms with Crippen LogP contribution in [0.25, 0.3) is 12.2 Å². The van der Waals surface area contributed by atoms with Crippen LogP contribution in [0.5, 0.6) is 0 Å². The van der Waals surface area contributed by atoms with Crippen LogP contribution in [-0.2, 0) is 11.3 Å². The number of nitrogens with zero attached hydrogens (tertiary/aromatic N) is 2. The van der Waals surface area contributed by atoms with E-state index in [1.165, 1.54) is 6.92 Å². The largest absolute Gasteiger partial charge is 0.343 e. The molecule has 6 nitrogen and oxygen atoms in total. The van der Waals surface area contributed by atoms with Crippen molar-refractivity contribution in [3.8, 4) is 0 Å². The Balaban J connectivity index is 2.19. The molecule has 1 aromatic carbocycles. The van der Waals surface area contributed by atoms with Crippen LogP contribution in [0.3, 0.4) is 0 Å². The van der Waals surface area contributed by atoms with Crippen molar-refractivity contribution in [3.05, 3.63) is 58.2 Å². The molecule has 0 spiro atoms. The smallest absolute Gasteiger partial charge is 0.235 e. The number of hydrogen-bond acceptors (Lipinski definition) is 3. The van der Waals surface area contributed by atoms with E-state index in [1.807, 2.05) is 37.3 Å². The zero-order chi connectivity index (χ0) is 18.2. The number of aliphatic imine (C=N–C) groups is 1. The van der Waals surface area contributed by atoms with Crippen molar-refractivity contribution in [1.82, 2.24) is 15.4 Å². The van der Waals surface area contributed by atoms with E-state index in [9.17, 15) is 4.79 Å². The SMILES string of the molecule is C/C=c1/ccn(Cc2ccc(C(=N)NNC(C)=O)cc2)/c1=C/C=N/C. The quantitative estimate of drug-likeness (QED) is 0.438. The molecule has 130 valence electrons. The van der Waals surface area contributed by atoms with Crippen molar-refractivity contribution in [1.29, 1.82) is 5.41 Å². The molecule has 6 heteroatoms. The monoisotopic (exact) mass is 337 g/mol. The molecule has 0 saturated carbocycles. The Morgan fingerprint density at radius 3 is 2.56 bits per heavy atom. The summed E-state index contributed by atoms with van der Waals surface area (Å²) in [5.74, 6) is -0.0873. The number of hydrogen-bond donors (Lipinski definition) is 3. The molecule has 0 aliphatic heterocycles. The summed E-state index contributed by atoms with van der Waals surface area (Å²) in [6, 6.07) is 9.76. The Hall–Kier alpha value is -3.15. The molecule has 1 heterocycles. The lowest BCUT2D eigenvalue weighted by molar-refractivity contribution is -0.119. The number of carbonyl (C=O) groups excluding carboxylic acids is 1. The first-order chi connectivity index (χ1) is 12.0. The Kier molecular flexibility index (Phi) is 6.28. The minimum absolute atomic E-state index is 0.152. The second-order valence-corrected chi connectivity index (χ2v) is 5.52. The highest BCUT2D eigenvalue weighted by Crippen LogP contribution is 2.05. The van der Waals surface area contributed by atoms with Gasteiger partial charge in [0.1, 0.15) is 5.84 Å². The number of benzene rings is 1. The van der Waals surface area contributed by atoms with Gasteiger partial charge in [-0.05, 0) is 29.8 Å². The van der Waals surface area contributed by atoms with Crippen LogP contribution in [0.4, 0.5) is 0 Å². The number of amidine groups is 1. The average Bonchev–Trinajstić information content (AvgIpc) is 3.00. The van der Waals surface area contributed by atoms with Crippen LogP contribution in [0.1, 0.15) is 25.0 Å². The lowest BCUT2D eigenvalue weighted by Gasteiger charge is -2.09. The number of amides is 1. The van der Waals surface area contributed by atoms with Crippen LogP contribution in [0.2, 0.25) is 0 Å². The van der Waals surface area contributed by atoms with Crippen LogP contribution in [0, 0.1) is 5.41 Å². The first kappa shape index (κ1) is 18.2. The maximum absolute atomic E-state index is 10.9. The predicted molar refractivity (Wildman–Crippen MR) is 102 cm³/mol. The second kappa shape index (κ2) is 8.63. The van der Waals surface area contributed by atoms with Gasteiger partial charge in [0.25, 0.3) is 0 Å². The van der Waals surface area contributed by atoms with E-state index in [0.29, 0.717) is 5.56 Å². The molecule has 0 bridgehead atoms. The normalized spacial score (nSPS) is 12.6. The molecule has 2 aromatic rings. The van der Waals surface area contributed by atoms with Crippen LogP contribution in [-0.4, -0.2) is 29.6 Å². The Bertz CT molecular complexity index is 891. The van der Waals surface area contributed by atoms with E-state index >= 15 is 0 Å². The summed E-state index contributed by atoms with van der Waals surface area (Å²) >= 11 is 0. The Labute approximate surface area is 147 Å². The van der Waals surface area contributed by atoms with Crippen LogP contribution < -0.4 is 21.4 Å². The standard InChI is InChI=1S/C19H23N5O/c1-4-16-10-12-24(18(16)9-11-21-3)13-15-5-7-17(8-6-15)19(20)23-22-14(2)25/h4-12H,13H2,1-3H3,(H2,20,23)(H,22,25)/b16-4-,18-9+,21-11+. The van der Waals surface area contributed by atoms with Gasteiger partial charge in [0.2, 0.25) is 5.91 Å². The average molecular weight is 337 g/mol. The molecule has 1 amide bonds. The summed E-state index contributed by atoms with van der Waals surface area (Å²) < 4.78 is 2.16. The fourth-order valence-electron chi connectivity index (χ4n) is 2.42. The van der Waals surface area contributed by atoms with Crippen molar-refractivity contribution in [2.75, 3.05) is 7.05 Å². The summed E-state index contributed by atoms with van der Waals surface area (Å²) in [6.07, 6.45) is 7.91. The molecule has 0 radical (unpaired) electrons. The summed E-state index contributed by atoms with van der Waals surface area (Å²) in [5, 5.41) is 10.2. The molecular weight excluding hydrogens is 314 g/mol. The van der Waals surface area contributed by atoms with Crippen molar-refractivity contribution in [2.24, 2.45) is 4.99 Å². The first-order valence-electron chi connectivity index (χ1n) is 7.99. The minimum atomic E-state index is -0.239. The highest BCUT2D eigenvalue weighted by molar-refractivity contribution is 5.97. The van der Waals surface area contributed by atoms with E-state index < -0.39 is 0 Å². The van der Waals surface area contributed by atoms with Gasteiger partial charge in [-0.25, -0.2) is 0 Å². The fourth-order valence-corrected chi connectivity index (χ4v) is 2.42. The van der Waals surface area contributed by atoms with Crippen molar-refractivity contribution in [2.45, 2.75) is 20.4 Å². The van der Waals surface area contributed by atoms with Gasteiger partial charge in [-0.2, -0.15) is 0 Å². The van der Waals surface area contributed by atoms with Gasteiger partial charge in [0, 0.05) is 43.8 Å². The lowest BCUT2D eigenvalue weighted by Crippen LogP contribution is -2.40. The summed E-state index contributed by atoms with van der Waals surface area (Å²) in [4.78, 5) is 14.9. The highest BCUT2D eigenvalue weighted by Gasteiger charge is 2.03. The summed E-state index contributed by atoms with van der Waals surface area (Å²) in [5.41, 5.74) is 6.79. The molecule has 1 aromatic heterocycles. The zero-order valence-electron chi connectivity index (χ0n) is 14.7. The van der Waals surface area contributed by atoms with Crippen LogP contribution in [0.15, 0.2) is 41.5 Å². The number of nitrogens with one attached hydrogen (secondary N) is 3. The number of aromatic nitrogens is 1. The van der Waals surface area contributed by atoms with E-state index in [2.05, 4.69) is 38.8 Å². The molecular formula is C19H23N5O. The molecule has 2 rings (SSSR count). The third-order valence-corrected chi connectivity index (χ3v) is 3.69. The first-order valence-corrected chi connectivity index (χ1v) is 7.99. The number of rotatable bonds is 4. The molecule has 0 aliphatic carbocycles. The van der Waals surface area contributed by atoms with Gasteiger partial charge in [0.05, 0.1) is 0 Å². The van der Waals surface area contributed by atoms with Gasteiger partial charge in [0.15, 0.2) is 0 Å². The van der Waals surface area contributed by atoms with Gasteiger partial charge in [-0.1, -0.05) is 30.3 Å². The van der Waals surface area contributed by atoms with Gasteiger partial charge >= 0.3 is 0 Å².